The zero-order valence-electron chi connectivity index (χ0n) is 16.6. The molecule has 8 heteroatoms. The number of amides is 1. The summed E-state index contributed by atoms with van der Waals surface area (Å²) < 4.78 is 28.1. The second-order valence-electron chi connectivity index (χ2n) is 6.63. The molecule has 1 aromatic heterocycles. The average molecular weight is 413 g/mol. The molecule has 0 aliphatic rings. The molecule has 0 saturated carbocycles. The van der Waals surface area contributed by atoms with Crippen molar-refractivity contribution >= 4 is 21.6 Å². The molecule has 3 rings (SSSR count). The lowest BCUT2D eigenvalue weighted by Crippen LogP contribution is -2.25. The Bertz CT molecular complexity index is 1120. The number of hydrogen-bond acceptors (Lipinski definition) is 4. The van der Waals surface area contributed by atoms with E-state index < -0.39 is 10.0 Å². The maximum absolute atomic E-state index is 12.7. The zero-order valence-corrected chi connectivity index (χ0v) is 17.5. The molecule has 3 aromatic rings. The summed E-state index contributed by atoms with van der Waals surface area (Å²) in [5, 5.41) is 7.46. The summed E-state index contributed by atoms with van der Waals surface area (Å²) >= 11 is 0. The summed E-state index contributed by atoms with van der Waals surface area (Å²) in [6.07, 6.45) is 0. The molecular formula is C21H24N4O3S. The largest absolute Gasteiger partial charge is 0.348 e. The van der Waals surface area contributed by atoms with E-state index >= 15 is 0 Å². The standard InChI is InChI=1S/C21H24N4O3S/c1-4-29(27,28)24-20-13-9-8-12-18(20)21(26)22-14-19-15(2)23-25(16(19)3)17-10-6-5-7-11-17/h5-13,24H,4,14H2,1-3H3,(H,22,26). The minimum atomic E-state index is -3.48. The molecule has 2 aromatic carbocycles. The van der Waals surface area contributed by atoms with Gasteiger partial charge in [-0.3, -0.25) is 9.52 Å². The third-order valence-corrected chi connectivity index (χ3v) is 5.98. The third kappa shape index (κ3) is 4.65. The SMILES string of the molecule is CCS(=O)(=O)Nc1ccccc1C(=O)NCc1c(C)nn(-c2ccccc2)c1C. The first-order valence-electron chi connectivity index (χ1n) is 9.30. The van der Waals surface area contributed by atoms with Gasteiger partial charge in [-0.25, -0.2) is 13.1 Å². The van der Waals surface area contributed by atoms with Crippen LogP contribution in [0.2, 0.25) is 0 Å². The third-order valence-electron chi connectivity index (χ3n) is 4.68. The van der Waals surface area contributed by atoms with Crippen molar-refractivity contribution < 1.29 is 13.2 Å². The molecule has 0 spiro atoms. The minimum Gasteiger partial charge on any atom is -0.348 e. The van der Waals surface area contributed by atoms with Crippen molar-refractivity contribution in [1.29, 1.82) is 0 Å². The molecule has 152 valence electrons. The smallest absolute Gasteiger partial charge is 0.253 e. The van der Waals surface area contributed by atoms with Crippen LogP contribution in [0, 0.1) is 13.8 Å². The number of nitrogens with one attached hydrogen (secondary N) is 2. The first-order valence-corrected chi connectivity index (χ1v) is 11.0. The highest BCUT2D eigenvalue weighted by atomic mass is 32.2. The Morgan fingerprint density at radius 2 is 1.69 bits per heavy atom. The summed E-state index contributed by atoms with van der Waals surface area (Å²) in [5.41, 5.74) is 4.18. The number of nitrogens with zero attached hydrogens (tertiary/aromatic N) is 2. The Morgan fingerprint density at radius 1 is 1.03 bits per heavy atom. The second-order valence-corrected chi connectivity index (χ2v) is 8.64. The van der Waals surface area contributed by atoms with Gasteiger partial charge in [-0.15, -0.1) is 0 Å². The van der Waals surface area contributed by atoms with E-state index in [2.05, 4.69) is 15.1 Å². The molecule has 7 nitrogen and oxygen atoms in total. The summed E-state index contributed by atoms with van der Waals surface area (Å²) in [6.45, 7) is 5.69. The van der Waals surface area contributed by atoms with Crippen LogP contribution in [-0.4, -0.2) is 29.9 Å². The van der Waals surface area contributed by atoms with Crippen LogP contribution in [0.25, 0.3) is 5.69 Å². The van der Waals surface area contributed by atoms with E-state index in [1.165, 1.54) is 0 Å². The quantitative estimate of drug-likeness (QED) is 0.623. The van der Waals surface area contributed by atoms with Gasteiger partial charge in [0.1, 0.15) is 0 Å². The fourth-order valence-corrected chi connectivity index (χ4v) is 3.68. The van der Waals surface area contributed by atoms with E-state index in [9.17, 15) is 13.2 Å². The normalized spacial score (nSPS) is 11.3. The molecule has 0 atom stereocenters. The lowest BCUT2D eigenvalue weighted by molar-refractivity contribution is 0.0951. The Labute approximate surface area is 170 Å². The summed E-state index contributed by atoms with van der Waals surface area (Å²) in [4.78, 5) is 12.7. The molecule has 0 aliphatic heterocycles. The van der Waals surface area contributed by atoms with Crippen LogP contribution in [0.1, 0.15) is 34.2 Å². The average Bonchev–Trinajstić information content (AvgIpc) is 3.00. The molecule has 29 heavy (non-hydrogen) atoms. The van der Waals surface area contributed by atoms with E-state index in [1.54, 1.807) is 31.2 Å². The molecule has 0 radical (unpaired) electrons. The van der Waals surface area contributed by atoms with E-state index in [-0.39, 0.29) is 29.5 Å². The highest BCUT2D eigenvalue weighted by molar-refractivity contribution is 7.92. The van der Waals surface area contributed by atoms with Gasteiger partial charge in [0.05, 0.1) is 28.4 Å². The first kappa shape index (κ1) is 20.6. The number of carbonyl (C=O) groups is 1. The summed E-state index contributed by atoms with van der Waals surface area (Å²) in [6, 6.07) is 16.3. The monoisotopic (exact) mass is 412 g/mol. The maximum Gasteiger partial charge on any atom is 0.253 e. The molecule has 1 amide bonds. The van der Waals surface area contributed by atoms with Crippen molar-refractivity contribution in [2.24, 2.45) is 0 Å². The van der Waals surface area contributed by atoms with Crippen molar-refractivity contribution in [3.05, 3.63) is 77.1 Å². The molecule has 0 saturated heterocycles. The molecule has 0 aliphatic carbocycles. The van der Waals surface area contributed by atoms with Crippen molar-refractivity contribution in [3.8, 4) is 5.69 Å². The second kappa shape index (κ2) is 8.48. The fourth-order valence-electron chi connectivity index (χ4n) is 3.03. The number of aromatic nitrogens is 2. The number of sulfonamides is 1. The van der Waals surface area contributed by atoms with Gasteiger partial charge in [0.25, 0.3) is 5.91 Å². The van der Waals surface area contributed by atoms with Gasteiger partial charge in [-0.2, -0.15) is 5.10 Å². The molecule has 0 fully saturated rings. The number of para-hydroxylation sites is 2. The van der Waals surface area contributed by atoms with Gasteiger partial charge < -0.3 is 5.32 Å². The molecular weight excluding hydrogens is 388 g/mol. The highest BCUT2D eigenvalue weighted by Crippen LogP contribution is 2.19. The molecule has 0 bridgehead atoms. The number of rotatable bonds is 7. The summed E-state index contributed by atoms with van der Waals surface area (Å²) in [5.74, 6) is -0.425. The van der Waals surface area contributed by atoms with Gasteiger partial charge in [-0.1, -0.05) is 30.3 Å². The number of anilines is 1. The lowest BCUT2D eigenvalue weighted by Gasteiger charge is -2.12. The van der Waals surface area contributed by atoms with Crippen molar-refractivity contribution in [2.75, 3.05) is 10.5 Å². The van der Waals surface area contributed by atoms with Crippen LogP contribution in [-0.2, 0) is 16.6 Å². The van der Waals surface area contributed by atoms with E-state index in [1.807, 2.05) is 48.9 Å². The molecule has 0 unspecified atom stereocenters. The molecule has 1 heterocycles. The van der Waals surface area contributed by atoms with Crippen LogP contribution in [0.4, 0.5) is 5.69 Å². The Kier molecular flexibility index (Phi) is 6.03. The van der Waals surface area contributed by atoms with Gasteiger partial charge in [0.2, 0.25) is 10.0 Å². The van der Waals surface area contributed by atoms with Gasteiger partial charge in [0, 0.05) is 17.8 Å². The van der Waals surface area contributed by atoms with Gasteiger partial charge in [0.15, 0.2) is 0 Å². The van der Waals surface area contributed by atoms with Crippen LogP contribution in [0.5, 0.6) is 0 Å². The van der Waals surface area contributed by atoms with Crippen LogP contribution in [0.15, 0.2) is 54.6 Å². The lowest BCUT2D eigenvalue weighted by atomic mass is 10.1. The first-order chi connectivity index (χ1) is 13.8. The van der Waals surface area contributed by atoms with E-state index in [4.69, 9.17) is 0 Å². The van der Waals surface area contributed by atoms with E-state index in [0.29, 0.717) is 0 Å². The maximum atomic E-state index is 12.7. The van der Waals surface area contributed by atoms with Crippen LogP contribution >= 0.6 is 0 Å². The van der Waals surface area contributed by atoms with Crippen molar-refractivity contribution in [3.63, 3.8) is 0 Å². The number of hydrogen-bond donors (Lipinski definition) is 2. The number of aryl methyl sites for hydroxylation is 1. The fraction of sp³-hybridized carbons (Fsp3) is 0.238. The van der Waals surface area contributed by atoms with Crippen molar-refractivity contribution in [1.82, 2.24) is 15.1 Å². The zero-order chi connectivity index (χ0) is 21.0. The number of benzene rings is 2. The van der Waals surface area contributed by atoms with Crippen LogP contribution < -0.4 is 10.0 Å². The van der Waals surface area contributed by atoms with E-state index in [0.717, 1.165) is 22.6 Å². The van der Waals surface area contributed by atoms with Crippen molar-refractivity contribution in [2.45, 2.75) is 27.3 Å². The Balaban J connectivity index is 1.80. The van der Waals surface area contributed by atoms with Crippen LogP contribution in [0.3, 0.4) is 0 Å². The molecule has 2 N–H and O–H groups in total. The van der Waals surface area contributed by atoms with Gasteiger partial charge >= 0.3 is 0 Å². The Hall–Kier alpha value is -3.13. The minimum absolute atomic E-state index is 0.0694. The predicted molar refractivity (Wildman–Crippen MR) is 114 cm³/mol. The topological polar surface area (TPSA) is 93.1 Å². The summed E-state index contributed by atoms with van der Waals surface area (Å²) in [7, 11) is -3.48. The Morgan fingerprint density at radius 3 is 2.38 bits per heavy atom. The van der Waals surface area contributed by atoms with Gasteiger partial charge in [-0.05, 0) is 45.0 Å². The predicted octanol–water partition coefficient (Wildman–Crippen LogP) is 3.18. The number of carbonyl (C=O) groups excluding carboxylic acids is 1. The highest BCUT2D eigenvalue weighted by Gasteiger charge is 2.17.